The summed E-state index contributed by atoms with van der Waals surface area (Å²) < 4.78 is 0. The molecule has 0 aromatic carbocycles. The number of piperidine rings is 1. The molecule has 1 aliphatic carbocycles. The van der Waals surface area contributed by atoms with Gasteiger partial charge in [0.25, 0.3) is 0 Å². The van der Waals surface area contributed by atoms with Crippen molar-refractivity contribution in [3.63, 3.8) is 0 Å². The highest BCUT2D eigenvalue weighted by molar-refractivity contribution is 7.09. The van der Waals surface area contributed by atoms with Gasteiger partial charge in [-0.25, -0.2) is 0 Å². The van der Waals surface area contributed by atoms with E-state index < -0.39 is 0 Å². The number of hydrogen-bond acceptors (Lipinski definition) is 4. The van der Waals surface area contributed by atoms with E-state index in [4.69, 9.17) is 0 Å². The van der Waals surface area contributed by atoms with E-state index in [0.29, 0.717) is 17.2 Å². The minimum atomic E-state index is 0.324. The van der Waals surface area contributed by atoms with Crippen LogP contribution < -0.4 is 0 Å². The van der Waals surface area contributed by atoms with Gasteiger partial charge in [0.2, 0.25) is 5.91 Å². The van der Waals surface area contributed by atoms with Gasteiger partial charge >= 0.3 is 0 Å². The molecule has 2 saturated heterocycles. The number of carbonyl (C=O) groups excluding carboxylic acids is 1. The van der Waals surface area contributed by atoms with Crippen molar-refractivity contribution in [2.75, 3.05) is 46.3 Å². The second-order valence-electron chi connectivity index (χ2n) is 7.96. The fourth-order valence-corrected chi connectivity index (χ4v) is 5.26. The Morgan fingerprint density at radius 3 is 2.79 bits per heavy atom. The third kappa shape index (κ3) is 3.39. The zero-order chi connectivity index (χ0) is 16.6. The van der Waals surface area contributed by atoms with E-state index in [2.05, 4.69) is 39.3 Å². The molecule has 2 aliphatic heterocycles. The van der Waals surface area contributed by atoms with Gasteiger partial charge in [-0.2, -0.15) is 0 Å². The van der Waals surface area contributed by atoms with E-state index in [-0.39, 0.29) is 0 Å². The first-order chi connectivity index (χ1) is 11.7. The molecule has 3 heterocycles. The molecule has 5 heteroatoms. The van der Waals surface area contributed by atoms with Crippen LogP contribution in [0.3, 0.4) is 0 Å². The lowest BCUT2D eigenvalue weighted by molar-refractivity contribution is -0.133. The van der Waals surface area contributed by atoms with Crippen LogP contribution in [0.25, 0.3) is 0 Å². The number of carbonyl (C=O) groups is 1. The van der Waals surface area contributed by atoms with Crippen LogP contribution in [-0.4, -0.2) is 66.9 Å². The molecule has 1 amide bonds. The first-order valence-corrected chi connectivity index (χ1v) is 10.3. The van der Waals surface area contributed by atoms with Crippen molar-refractivity contribution in [1.82, 2.24) is 14.7 Å². The predicted octanol–water partition coefficient (Wildman–Crippen LogP) is 2.51. The van der Waals surface area contributed by atoms with Gasteiger partial charge in [-0.1, -0.05) is 6.07 Å². The molecule has 1 spiro atoms. The third-order valence-corrected chi connectivity index (χ3v) is 7.19. The standard InChI is InChI=1S/C19H29N3OS/c1-20-7-3-8-22(12-11-20)18(23)17-14-19(17)5-9-21(10-6-19)15-16-4-2-13-24-16/h2,4,13,17H,3,5-12,14-15H2,1H3. The molecule has 3 aliphatic rings. The van der Waals surface area contributed by atoms with Gasteiger partial charge in [0.15, 0.2) is 0 Å². The van der Waals surface area contributed by atoms with Crippen molar-refractivity contribution >= 4 is 17.2 Å². The van der Waals surface area contributed by atoms with E-state index in [1.165, 1.54) is 17.7 Å². The number of nitrogens with zero attached hydrogens (tertiary/aromatic N) is 3. The van der Waals surface area contributed by atoms with Crippen molar-refractivity contribution in [3.8, 4) is 0 Å². The van der Waals surface area contributed by atoms with E-state index in [1.54, 1.807) is 0 Å². The Morgan fingerprint density at radius 2 is 2.04 bits per heavy atom. The summed E-state index contributed by atoms with van der Waals surface area (Å²) in [6, 6.07) is 4.37. The molecule has 1 saturated carbocycles. The van der Waals surface area contributed by atoms with E-state index in [9.17, 15) is 4.79 Å². The first-order valence-electron chi connectivity index (χ1n) is 9.38. The summed E-state index contributed by atoms with van der Waals surface area (Å²) in [6.45, 7) is 7.43. The summed E-state index contributed by atoms with van der Waals surface area (Å²) in [4.78, 5) is 21.5. The molecular formula is C19H29N3OS. The van der Waals surface area contributed by atoms with Crippen LogP contribution in [0.15, 0.2) is 17.5 Å². The number of amides is 1. The molecule has 0 bridgehead atoms. The Bertz CT molecular complexity index is 565. The Hall–Kier alpha value is -0.910. The highest BCUT2D eigenvalue weighted by Gasteiger charge is 2.59. The maximum absolute atomic E-state index is 12.9. The Kier molecular flexibility index (Phi) is 4.67. The molecule has 3 fully saturated rings. The third-order valence-electron chi connectivity index (χ3n) is 6.33. The van der Waals surface area contributed by atoms with E-state index >= 15 is 0 Å². The number of rotatable bonds is 3. The highest BCUT2D eigenvalue weighted by Crippen LogP contribution is 2.60. The molecule has 0 radical (unpaired) electrons. The lowest BCUT2D eigenvalue weighted by Crippen LogP contribution is -2.39. The summed E-state index contributed by atoms with van der Waals surface area (Å²) in [6.07, 6.45) is 4.69. The topological polar surface area (TPSA) is 26.8 Å². The van der Waals surface area contributed by atoms with Gasteiger partial charge in [-0.3, -0.25) is 9.69 Å². The monoisotopic (exact) mass is 347 g/mol. The Morgan fingerprint density at radius 1 is 1.21 bits per heavy atom. The van der Waals surface area contributed by atoms with Crippen LogP contribution in [0.1, 0.15) is 30.6 Å². The molecule has 4 rings (SSSR count). The first kappa shape index (κ1) is 16.6. The number of hydrogen-bond donors (Lipinski definition) is 0. The highest BCUT2D eigenvalue weighted by atomic mass is 32.1. The molecular weight excluding hydrogens is 318 g/mol. The quantitative estimate of drug-likeness (QED) is 0.841. The Balaban J connectivity index is 1.29. The summed E-state index contributed by atoms with van der Waals surface area (Å²) in [5.74, 6) is 0.779. The molecule has 24 heavy (non-hydrogen) atoms. The zero-order valence-corrected chi connectivity index (χ0v) is 15.6. The van der Waals surface area contributed by atoms with Crippen molar-refractivity contribution in [2.45, 2.75) is 32.2 Å². The fourth-order valence-electron chi connectivity index (χ4n) is 4.52. The number of likely N-dealkylation sites (N-methyl/N-ethyl adjacent to an activating group) is 1. The van der Waals surface area contributed by atoms with Crippen LogP contribution in [0.2, 0.25) is 0 Å². The normalized spacial score (nSPS) is 28.0. The lowest BCUT2D eigenvalue weighted by atomic mass is 9.90. The minimum Gasteiger partial charge on any atom is -0.341 e. The second kappa shape index (κ2) is 6.77. The number of likely N-dealkylation sites (tertiary alicyclic amines) is 1. The van der Waals surface area contributed by atoms with Crippen LogP contribution in [-0.2, 0) is 11.3 Å². The summed E-state index contributed by atoms with van der Waals surface area (Å²) >= 11 is 1.85. The van der Waals surface area contributed by atoms with Crippen LogP contribution in [0.4, 0.5) is 0 Å². The van der Waals surface area contributed by atoms with Gasteiger partial charge < -0.3 is 9.80 Å². The molecule has 132 valence electrons. The molecule has 1 atom stereocenters. The van der Waals surface area contributed by atoms with E-state index in [0.717, 1.165) is 58.7 Å². The maximum atomic E-state index is 12.9. The number of thiophene rings is 1. The summed E-state index contributed by atoms with van der Waals surface area (Å²) in [5, 5.41) is 2.16. The average molecular weight is 348 g/mol. The Labute approximate surface area is 149 Å². The largest absolute Gasteiger partial charge is 0.341 e. The molecule has 4 nitrogen and oxygen atoms in total. The van der Waals surface area contributed by atoms with Gasteiger partial charge in [0.05, 0.1) is 0 Å². The predicted molar refractivity (Wildman–Crippen MR) is 98.1 cm³/mol. The van der Waals surface area contributed by atoms with Gasteiger partial charge in [-0.15, -0.1) is 11.3 Å². The molecule has 1 aromatic heterocycles. The maximum Gasteiger partial charge on any atom is 0.226 e. The van der Waals surface area contributed by atoms with Crippen molar-refractivity contribution in [3.05, 3.63) is 22.4 Å². The summed E-state index contributed by atoms with van der Waals surface area (Å²) in [5.41, 5.74) is 0.348. The molecule has 0 N–H and O–H groups in total. The van der Waals surface area contributed by atoms with Crippen LogP contribution >= 0.6 is 11.3 Å². The molecule has 1 unspecified atom stereocenters. The lowest BCUT2D eigenvalue weighted by Gasteiger charge is -2.33. The summed E-state index contributed by atoms with van der Waals surface area (Å²) in [7, 11) is 2.16. The van der Waals surface area contributed by atoms with E-state index in [1.807, 2.05) is 11.3 Å². The smallest absolute Gasteiger partial charge is 0.226 e. The van der Waals surface area contributed by atoms with Crippen molar-refractivity contribution < 1.29 is 4.79 Å². The van der Waals surface area contributed by atoms with Gasteiger partial charge in [0, 0.05) is 37.0 Å². The average Bonchev–Trinajstić information content (AvgIpc) is 3.13. The van der Waals surface area contributed by atoms with Crippen molar-refractivity contribution in [2.24, 2.45) is 11.3 Å². The van der Waals surface area contributed by atoms with Gasteiger partial charge in [0.1, 0.15) is 0 Å². The second-order valence-corrected chi connectivity index (χ2v) is 8.99. The fraction of sp³-hybridized carbons (Fsp3) is 0.737. The minimum absolute atomic E-state index is 0.324. The zero-order valence-electron chi connectivity index (χ0n) is 14.7. The van der Waals surface area contributed by atoms with Crippen molar-refractivity contribution in [1.29, 1.82) is 0 Å². The van der Waals surface area contributed by atoms with Crippen LogP contribution in [0.5, 0.6) is 0 Å². The SMILES string of the molecule is CN1CCCN(C(=O)C2CC23CCN(Cc2cccs2)CC3)CC1. The molecule has 1 aromatic rings. The van der Waals surface area contributed by atoms with Gasteiger partial charge in [-0.05, 0) is 69.2 Å². The van der Waals surface area contributed by atoms with Crippen LogP contribution in [0, 0.1) is 11.3 Å².